The van der Waals surface area contributed by atoms with Crippen LogP contribution in [0.3, 0.4) is 0 Å². The summed E-state index contributed by atoms with van der Waals surface area (Å²) in [6, 6.07) is 9.45. The van der Waals surface area contributed by atoms with Crippen molar-refractivity contribution in [3.8, 4) is 11.1 Å². The number of aromatic nitrogens is 2. The smallest absolute Gasteiger partial charge is 0.371 e. The highest BCUT2D eigenvalue weighted by molar-refractivity contribution is 7.98. The number of halogens is 1. The molecule has 0 saturated carbocycles. The van der Waals surface area contributed by atoms with Gasteiger partial charge in [-0.1, -0.05) is 23.9 Å². The number of aryl methyl sites for hydroxylation is 1. The largest absolute Gasteiger partial charge is 0.475 e. The van der Waals surface area contributed by atoms with E-state index in [-0.39, 0.29) is 11.6 Å². The highest BCUT2D eigenvalue weighted by Gasteiger charge is 2.18. The monoisotopic (exact) mass is 400 g/mol. The van der Waals surface area contributed by atoms with Gasteiger partial charge in [0.05, 0.1) is 11.1 Å². The van der Waals surface area contributed by atoms with Crippen molar-refractivity contribution in [2.24, 2.45) is 0 Å². The summed E-state index contributed by atoms with van der Waals surface area (Å²) < 4.78 is 18.6. The van der Waals surface area contributed by atoms with Crippen molar-refractivity contribution in [3.05, 3.63) is 64.9 Å². The third-order valence-corrected chi connectivity index (χ3v) is 6.01. The van der Waals surface area contributed by atoms with Crippen LogP contribution in [0.1, 0.15) is 21.2 Å². The first-order valence-electron chi connectivity index (χ1n) is 7.98. The van der Waals surface area contributed by atoms with E-state index in [0.29, 0.717) is 11.5 Å². The van der Waals surface area contributed by atoms with Crippen LogP contribution in [0.4, 0.5) is 4.39 Å². The molecule has 0 aliphatic rings. The molecule has 0 saturated heterocycles. The Balaban J connectivity index is 1.72. The van der Waals surface area contributed by atoms with Crippen LogP contribution >= 0.6 is 23.1 Å². The average molecular weight is 400 g/mol. The molecule has 0 radical (unpaired) electrons. The van der Waals surface area contributed by atoms with E-state index < -0.39 is 5.97 Å². The third kappa shape index (κ3) is 3.45. The average Bonchev–Trinajstić information content (AvgIpc) is 3.25. The molecule has 1 aromatic carbocycles. The zero-order chi connectivity index (χ0) is 19.0. The first-order valence-corrected chi connectivity index (χ1v) is 9.78. The Labute approximate surface area is 161 Å². The van der Waals surface area contributed by atoms with Crippen LogP contribution in [0.2, 0.25) is 0 Å². The highest BCUT2D eigenvalue weighted by atomic mass is 32.2. The maximum Gasteiger partial charge on any atom is 0.371 e. The van der Waals surface area contributed by atoms with Gasteiger partial charge in [-0.25, -0.2) is 19.2 Å². The standard InChI is InChI=1S/C19H13FN2O3S2/c1-10-15(11-2-4-12(20)5-3-11)16-17(21-9-22-18(16)27-10)26-8-13-6-7-14(25-13)19(23)24/h2-7,9H,8H2,1H3,(H,23,24). The molecule has 3 aromatic heterocycles. The van der Waals surface area contributed by atoms with E-state index >= 15 is 0 Å². The van der Waals surface area contributed by atoms with Crippen LogP contribution in [0.25, 0.3) is 21.3 Å². The summed E-state index contributed by atoms with van der Waals surface area (Å²) >= 11 is 3.01. The SMILES string of the molecule is Cc1sc2ncnc(SCc3ccc(C(=O)O)o3)c2c1-c1ccc(F)cc1. The zero-order valence-electron chi connectivity index (χ0n) is 14.1. The Bertz CT molecular complexity index is 1140. The molecular weight excluding hydrogens is 387 g/mol. The number of furan rings is 1. The minimum Gasteiger partial charge on any atom is -0.475 e. The Morgan fingerprint density at radius 1 is 1.22 bits per heavy atom. The molecule has 0 amide bonds. The van der Waals surface area contributed by atoms with E-state index in [9.17, 15) is 9.18 Å². The number of carboxylic acids is 1. The van der Waals surface area contributed by atoms with Crippen LogP contribution in [-0.2, 0) is 5.75 Å². The van der Waals surface area contributed by atoms with Crippen molar-refractivity contribution in [2.45, 2.75) is 17.7 Å². The van der Waals surface area contributed by atoms with Gasteiger partial charge in [0.25, 0.3) is 0 Å². The third-order valence-electron chi connectivity index (χ3n) is 3.99. The number of hydrogen-bond acceptors (Lipinski definition) is 6. The molecule has 4 rings (SSSR count). The maximum atomic E-state index is 13.3. The minimum atomic E-state index is -1.09. The number of hydrogen-bond donors (Lipinski definition) is 1. The van der Waals surface area contributed by atoms with Gasteiger partial charge in [0.15, 0.2) is 0 Å². The van der Waals surface area contributed by atoms with E-state index in [0.717, 1.165) is 31.2 Å². The summed E-state index contributed by atoms with van der Waals surface area (Å²) in [5, 5.41) is 10.7. The van der Waals surface area contributed by atoms with Crippen molar-refractivity contribution in [3.63, 3.8) is 0 Å². The predicted octanol–water partition coefficient (Wildman–Crippen LogP) is 5.39. The molecule has 0 unspecified atom stereocenters. The molecule has 27 heavy (non-hydrogen) atoms. The normalized spacial score (nSPS) is 11.2. The molecule has 0 bridgehead atoms. The summed E-state index contributed by atoms with van der Waals surface area (Å²) in [7, 11) is 0. The van der Waals surface area contributed by atoms with Gasteiger partial charge in [-0.15, -0.1) is 11.3 Å². The number of fused-ring (bicyclic) bond motifs is 1. The topological polar surface area (TPSA) is 76.2 Å². The molecule has 0 fully saturated rings. The number of nitrogens with zero attached hydrogens (tertiary/aromatic N) is 2. The summed E-state index contributed by atoms with van der Waals surface area (Å²) in [6.45, 7) is 2.01. The van der Waals surface area contributed by atoms with Crippen molar-refractivity contribution in [1.29, 1.82) is 0 Å². The molecular formula is C19H13FN2O3S2. The second kappa shape index (κ2) is 7.13. The van der Waals surface area contributed by atoms with Gasteiger partial charge in [-0.2, -0.15) is 0 Å². The lowest BCUT2D eigenvalue weighted by atomic mass is 10.0. The molecule has 1 N–H and O–H groups in total. The fraction of sp³-hybridized carbons (Fsp3) is 0.105. The number of thiophene rings is 1. The van der Waals surface area contributed by atoms with Gasteiger partial charge in [0, 0.05) is 10.4 Å². The highest BCUT2D eigenvalue weighted by Crippen LogP contribution is 2.41. The molecule has 0 aliphatic carbocycles. The Hall–Kier alpha value is -2.71. The van der Waals surface area contributed by atoms with Gasteiger partial charge >= 0.3 is 5.97 Å². The molecule has 0 atom stereocenters. The lowest BCUT2D eigenvalue weighted by Gasteiger charge is -2.06. The number of thioether (sulfide) groups is 1. The van der Waals surface area contributed by atoms with E-state index in [4.69, 9.17) is 9.52 Å². The summed E-state index contributed by atoms with van der Waals surface area (Å²) in [5.41, 5.74) is 1.90. The second-order valence-electron chi connectivity index (χ2n) is 5.76. The van der Waals surface area contributed by atoms with Gasteiger partial charge in [0.1, 0.15) is 27.8 Å². The summed E-state index contributed by atoms with van der Waals surface area (Å²) in [5.74, 6) is -0.468. The van der Waals surface area contributed by atoms with E-state index in [1.807, 2.05) is 6.92 Å². The van der Waals surface area contributed by atoms with Crippen LogP contribution in [0.5, 0.6) is 0 Å². The van der Waals surface area contributed by atoms with Gasteiger partial charge in [-0.05, 0) is 36.8 Å². The molecule has 4 aromatic rings. The number of carboxylic acid groups (broad SMARTS) is 1. The first kappa shape index (κ1) is 17.7. The van der Waals surface area contributed by atoms with Crippen molar-refractivity contribution < 1.29 is 18.7 Å². The van der Waals surface area contributed by atoms with Gasteiger partial charge in [-0.3, -0.25) is 0 Å². The van der Waals surface area contributed by atoms with Crippen LogP contribution in [0.15, 0.2) is 52.2 Å². The van der Waals surface area contributed by atoms with Crippen LogP contribution in [0, 0.1) is 12.7 Å². The minimum absolute atomic E-state index is 0.0863. The molecule has 136 valence electrons. The van der Waals surface area contributed by atoms with Gasteiger partial charge in [0.2, 0.25) is 5.76 Å². The predicted molar refractivity (Wildman–Crippen MR) is 103 cm³/mol. The molecule has 8 heteroatoms. The molecule has 0 spiro atoms. The van der Waals surface area contributed by atoms with Crippen molar-refractivity contribution in [2.75, 3.05) is 0 Å². The Kier molecular flexibility index (Phi) is 4.67. The van der Waals surface area contributed by atoms with E-state index in [1.165, 1.54) is 36.3 Å². The Morgan fingerprint density at radius 3 is 2.70 bits per heavy atom. The Morgan fingerprint density at radius 2 is 2.00 bits per heavy atom. The first-order chi connectivity index (χ1) is 13.0. The summed E-state index contributed by atoms with van der Waals surface area (Å²) in [6.07, 6.45) is 1.51. The second-order valence-corrected chi connectivity index (χ2v) is 7.93. The van der Waals surface area contributed by atoms with Crippen molar-refractivity contribution in [1.82, 2.24) is 9.97 Å². The fourth-order valence-corrected chi connectivity index (χ4v) is 4.78. The quantitative estimate of drug-likeness (QED) is 0.358. The van der Waals surface area contributed by atoms with E-state index in [1.54, 1.807) is 29.5 Å². The van der Waals surface area contributed by atoms with Crippen LogP contribution in [-0.4, -0.2) is 21.0 Å². The molecule has 3 heterocycles. The van der Waals surface area contributed by atoms with Crippen molar-refractivity contribution >= 4 is 39.3 Å². The molecule has 5 nitrogen and oxygen atoms in total. The zero-order valence-corrected chi connectivity index (χ0v) is 15.7. The number of rotatable bonds is 5. The van der Waals surface area contributed by atoms with E-state index in [2.05, 4.69) is 9.97 Å². The lowest BCUT2D eigenvalue weighted by Crippen LogP contribution is -1.92. The number of carbonyl (C=O) groups is 1. The number of benzene rings is 1. The lowest BCUT2D eigenvalue weighted by molar-refractivity contribution is 0.0661. The van der Waals surface area contributed by atoms with Crippen LogP contribution < -0.4 is 0 Å². The molecule has 0 aliphatic heterocycles. The summed E-state index contributed by atoms with van der Waals surface area (Å²) in [4.78, 5) is 21.7. The number of aromatic carboxylic acids is 1. The fourth-order valence-electron chi connectivity index (χ4n) is 2.80. The van der Waals surface area contributed by atoms with Gasteiger partial charge < -0.3 is 9.52 Å². The maximum absolute atomic E-state index is 13.3.